The molecular weight excluding hydrogens is 178 g/mol. The van der Waals surface area contributed by atoms with Crippen LogP contribution in [0.3, 0.4) is 0 Å². The standard InChI is InChI=1S/C11H19NO2/c1-3-4-6-11(2)14-9-5-8-13-10-7-12/h3-4,6H,1-2,5,7-10,12H2/b6-4-. The number of nitrogens with two attached hydrogens (primary N) is 1. The van der Waals surface area contributed by atoms with Gasteiger partial charge in [0.2, 0.25) is 0 Å². The van der Waals surface area contributed by atoms with E-state index in [9.17, 15) is 0 Å². The summed E-state index contributed by atoms with van der Waals surface area (Å²) in [6.45, 7) is 9.72. The summed E-state index contributed by atoms with van der Waals surface area (Å²) >= 11 is 0. The second-order valence-electron chi connectivity index (χ2n) is 2.66. The summed E-state index contributed by atoms with van der Waals surface area (Å²) in [6, 6.07) is 0. The fraction of sp³-hybridized carbons (Fsp3) is 0.455. The van der Waals surface area contributed by atoms with Gasteiger partial charge in [0, 0.05) is 19.6 Å². The maximum Gasteiger partial charge on any atom is 0.112 e. The summed E-state index contributed by atoms with van der Waals surface area (Å²) in [5.41, 5.74) is 5.26. The fourth-order valence-electron chi connectivity index (χ4n) is 0.773. The fourth-order valence-corrected chi connectivity index (χ4v) is 0.773. The van der Waals surface area contributed by atoms with Crippen LogP contribution in [0, 0.1) is 0 Å². The number of hydrogen-bond acceptors (Lipinski definition) is 3. The Balaban J connectivity index is 3.23. The van der Waals surface area contributed by atoms with Crippen molar-refractivity contribution in [3.05, 3.63) is 37.1 Å². The highest BCUT2D eigenvalue weighted by Gasteiger charge is 1.90. The molecule has 0 spiro atoms. The van der Waals surface area contributed by atoms with Crippen molar-refractivity contribution in [1.82, 2.24) is 0 Å². The van der Waals surface area contributed by atoms with E-state index in [1.54, 1.807) is 18.2 Å². The molecular formula is C11H19NO2. The summed E-state index contributed by atoms with van der Waals surface area (Å²) < 4.78 is 10.5. The molecule has 0 aromatic rings. The Hall–Kier alpha value is -1.06. The Morgan fingerprint density at radius 1 is 1.29 bits per heavy atom. The highest BCUT2D eigenvalue weighted by Crippen LogP contribution is 1.97. The molecule has 0 rings (SSSR count). The van der Waals surface area contributed by atoms with Crippen LogP contribution in [0.4, 0.5) is 0 Å². The van der Waals surface area contributed by atoms with Crippen molar-refractivity contribution in [2.75, 3.05) is 26.4 Å². The normalized spacial score (nSPS) is 10.4. The van der Waals surface area contributed by atoms with Gasteiger partial charge in [-0.25, -0.2) is 0 Å². The van der Waals surface area contributed by atoms with Gasteiger partial charge in [0.1, 0.15) is 5.76 Å². The van der Waals surface area contributed by atoms with E-state index < -0.39 is 0 Å². The van der Waals surface area contributed by atoms with Crippen LogP contribution in [0.15, 0.2) is 37.1 Å². The van der Waals surface area contributed by atoms with E-state index in [2.05, 4.69) is 13.2 Å². The van der Waals surface area contributed by atoms with E-state index in [1.165, 1.54) is 0 Å². The van der Waals surface area contributed by atoms with Crippen LogP contribution in [0.2, 0.25) is 0 Å². The molecule has 0 unspecified atom stereocenters. The molecule has 0 heterocycles. The van der Waals surface area contributed by atoms with Crippen molar-refractivity contribution in [3.8, 4) is 0 Å². The van der Waals surface area contributed by atoms with Gasteiger partial charge in [-0.1, -0.05) is 25.3 Å². The zero-order valence-electron chi connectivity index (χ0n) is 8.58. The lowest BCUT2D eigenvalue weighted by Gasteiger charge is -2.05. The van der Waals surface area contributed by atoms with Gasteiger partial charge in [-0.3, -0.25) is 0 Å². The van der Waals surface area contributed by atoms with Crippen LogP contribution in [-0.2, 0) is 9.47 Å². The van der Waals surface area contributed by atoms with Crippen LogP contribution in [0.5, 0.6) is 0 Å². The quantitative estimate of drug-likeness (QED) is 0.347. The number of hydrogen-bond donors (Lipinski definition) is 1. The summed E-state index contributed by atoms with van der Waals surface area (Å²) in [4.78, 5) is 0. The Morgan fingerprint density at radius 3 is 2.71 bits per heavy atom. The molecule has 0 amide bonds. The van der Waals surface area contributed by atoms with Gasteiger partial charge >= 0.3 is 0 Å². The van der Waals surface area contributed by atoms with Crippen LogP contribution < -0.4 is 5.73 Å². The number of ether oxygens (including phenoxy) is 2. The Bertz CT molecular complexity index is 188. The van der Waals surface area contributed by atoms with Crippen molar-refractivity contribution in [1.29, 1.82) is 0 Å². The topological polar surface area (TPSA) is 44.5 Å². The van der Waals surface area contributed by atoms with Crippen molar-refractivity contribution in [2.24, 2.45) is 5.73 Å². The third-order valence-corrected chi connectivity index (χ3v) is 1.40. The highest BCUT2D eigenvalue weighted by atomic mass is 16.5. The minimum Gasteiger partial charge on any atom is -0.494 e. The number of rotatable bonds is 9. The molecule has 0 radical (unpaired) electrons. The smallest absolute Gasteiger partial charge is 0.112 e. The third-order valence-electron chi connectivity index (χ3n) is 1.40. The maximum absolute atomic E-state index is 5.28. The minimum atomic E-state index is 0.565. The van der Waals surface area contributed by atoms with Gasteiger partial charge in [-0.05, 0) is 6.08 Å². The molecule has 0 saturated carbocycles. The second kappa shape index (κ2) is 10.0. The molecule has 14 heavy (non-hydrogen) atoms. The van der Waals surface area contributed by atoms with E-state index >= 15 is 0 Å². The SMILES string of the molecule is C=C/C=C\C(=C)OCCCOCCN. The van der Waals surface area contributed by atoms with Crippen LogP contribution in [0.25, 0.3) is 0 Å². The molecule has 2 N–H and O–H groups in total. The van der Waals surface area contributed by atoms with Gasteiger partial charge in [-0.15, -0.1) is 0 Å². The Labute approximate surface area is 85.9 Å². The first-order valence-electron chi connectivity index (χ1n) is 4.70. The van der Waals surface area contributed by atoms with E-state index in [1.807, 2.05) is 0 Å². The van der Waals surface area contributed by atoms with Crippen LogP contribution in [-0.4, -0.2) is 26.4 Å². The lowest BCUT2D eigenvalue weighted by molar-refractivity contribution is 0.114. The molecule has 0 aliphatic rings. The largest absolute Gasteiger partial charge is 0.494 e. The highest BCUT2D eigenvalue weighted by molar-refractivity contribution is 5.12. The van der Waals surface area contributed by atoms with E-state index in [4.69, 9.17) is 15.2 Å². The lowest BCUT2D eigenvalue weighted by Crippen LogP contribution is -2.09. The van der Waals surface area contributed by atoms with Crippen LogP contribution >= 0.6 is 0 Å². The third kappa shape index (κ3) is 9.03. The van der Waals surface area contributed by atoms with Crippen molar-refractivity contribution < 1.29 is 9.47 Å². The minimum absolute atomic E-state index is 0.565. The molecule has 0 bridgehead atoms. The predicted molar refractivity (Wildman–Crippen MR) is 58.9 cm³/mol. The summed E-state index contributed by atoms with van der Waals surface area (Å²) in [5, 5.41) is 0. The first kappa shape index (κ1) is 12.9. The zero-order chi connectivity index (χ0) is 10.6. The van der Waals surface area contributed by atoms with Gasteiger partial charge in [-0.2, -0.15) is 0 Å². The molecule has 0 atom stereocenters. The zero-order valence-corrected chi connectivity index (χ0v) is 8.58. The molecule has 0 fully saturated rings. The average molecular weight is 197 g/mol. The molecule has 0 aromatic carbocycles. The van der Waals surface area contributed by atoms with Crippen molar-refractivity contribution in [3.63, 3.8) is 0 Å². The monoisotopic (exact) mass is 197 g/mol. The Morgan fingerprint density at radius 2 is 2.07 bits per heavy atom. The summed E-state index contributed by atoms with van der Waals surface area (Å²) in [7, 11) is 0. The first-order valence-corrected chi connectivity index (χ1v) is 4.70. The van der Waals surface area contributed by atoms with Gasteiger partial charge < -0.3 is 15.2 Å². The Kier molecular flexibility index (Phi) is 9.26. The molecule has 0 aliphatic carbocycles. The average Bonchev–Trinajstić information content (AvgIpc) is 2.20. The van der Waals surface area contributed by atoms with Gasteiger partial charge in [0.25, 0.3) is 0 Å². The van der Waals surface area contributed by atoms with Gasteiger partial charge in [0.15, 0.2) is 0 Å². The van der Waals surface area contributed by atoms with Crippen molar-refractivity contribution in [2.45, 2.75) is 6.42 Å². The van der Waals surface area contributed by atoms with Crippen LogP contribution in [0.1, 0.15) is 6.42 Å². The van der Waals surface area contributed by atoms with E-state index in [0.717, 1.165) is 6.42 Å². The molecule has 3 heteroatoms. The molecule has 0 aromatic heterocycles. The first-order chi connectivity index (χ1) is 6.81. The maximum atomic E-state index is 5.28. The molecule has 80 valence electrons. The second-order valence-corrected chi connectivity index (χ2v) is 2.66. The molecule has 3 nitrogen and oxygen atoms in total. The molecule has 0 saturated heterocycles. The summed E-state index contributed by atoms with van der Waals surface area (Å²) in [6.07, 6.45) is 6.08. The van der Waals surface area contributed by atoms with Gasteiger partial charge in [0.05, 0.1) is 13.2 Å². The van der Waals surface area contributed by atoms with Crippen molar-refractivity contribution >= 4 is 0 Å². The molecule has 0 aliphatic heterocycles. The van der Waals surface area contributed by atoms with E-state index in [0.29, 0.717) is 32.1 Å². The predicted octanol–water partition coefficient (Wildman–Crippen LogP) is 1.62. The number of allylic oxidation sites excluding steroid dienone is 3. The summed E-state index contributed by atoms with van der Waals surface area (Å²) in [5.74, 6) is 0.642. The lowest BCUT2D eigenvalue weighted by atomic mass is 10.4. The van der Waals surface area contributed by atoms with E-state index in [-0.39, 0.29) is 0 Å².